The molecule has 4 aromatic carbocycles. The second kappa shape index (κ2) is 16.8. The maximum absolute atomic E-state index is 15.4. The van der Waals surface area contributed by atoms with Gasteiger partial charge in [-0.15, -0.1) is 11.8 Å². The first-order valence-corrected chi connectivity index (χ1v) is 16.8. The van der Waals surface area contributed by atoms with Gasteiger partial charge in [-0.1, -0.05) is 66.2 Å². The van der Waals surface area contributed by atoms with Crippen molar-refractivity contribution in [2.75, 3.05) is 44.6 Å². The van der Waals surface area contributed by atoms with Crippen molar-refractivity contribution in [1.82, 2.24) is 9.80 Å². The number of anilines is 1. The molecule has 2 heterocycles. The second-order valence-electron chi connectivity index (χ2n) is 11.8. The molecule has 1 N–H and O–H groups in total. The number of carbonyl (C=O) groups is 1. The average molecular weight is 769 g/mol. The van der Waals surface area contributed by atoms with Crippen molar-refractivity contribution in [2.24, 2.45) is 0 Å². The maximum atomic E-state index is 15.4. The molecule has 1 saturated heterocycles. The highest BCUT2D eigenvalue weighted by Gasteiger charge is 2.33. The molecular weight excluding hydrogens is 710 g/mol. The van der Waals surface area contributed by atoms with Gasteiger partial charge in [0.1, 0.15) is 12.6 Å². The molecule has 6 nitrogen and oxygen atoms in total. The van der Waals surface area contributed by atoms with Gasteiger partial charge in [-0.25, -0.2) is 8.78 Å². The van der Waals surface area contributed by atoms with Crippen molar-refractivity contribution in [2.45, 2.75) is 50.3 Å². The van der Waals surface area contributed by atoms with Gasteiger partial charge < -0.3 is 24.5 Å². The number of methoxy groups -OCH3 is 1. The number of hydrogen-bond acceptors (Lipinski definition) is 6. The molecule has 6 rings (SSSR count). The first-order chi connectivity index (χ1) is 32.0. The molecule has 0 aromatic heterocycles. The number of alkyl halides is 3. The number of halogens is 5. The van der Waals surface area contributed by atoms with Crippen molar-refractivity contribution in [3.05, 3.63) is 135 Å². The van der Waals surface area contributed by atoms with Gasteiger partial charge in [0.15, 0.2) is 11.6 Å². The number of ether oxygens (including phenoxy) is 1. The minimum Gasteiger partial charge on any atom is -0.384 e. The fraction of sp³-hybridized carbons (Fsp3) is 0.341. The van der Waals surface area contributed by atoms with E-state index in [1.54, 1.807) is 0 Å². The van der Waals surface area contributed by atoms with Crippen LogP contribution in [0.3, 0.4) is 0 Å². The highest BCUT2D eigenvalue weighted by atomic mass is 32.2. The Morgan fingerprint density at radius 1 is 1.06 bits per heavy atom. The van der Waals surface area contributed by atoms with Crippen molar-refractivity contribution in [3.8, 4) is 11.1 Å². The smallest absolute Gasteiger partial charge is 0.384 e. The van der Waals surface area contributed by atoms with E-state index in [1.165, 1.54) is 19.1 Å². The van der Waals surface area contributed by atoms with Crippen LogP contribution in [-0.2, 0) is 27.9 Å². The average Bonchev–Trinajstić information content (AvgIpc) is 3.26. The number of amides is 1. The number of benzene rings is 4. The number of aliphatic hydroxyl groups is 1. The van der Waals surface area contributed by atoms with Gasteiger partial charge in [0.2, 0.25) is 5.91 Å². The summed E-state index contributed by atoms with van der Waals surface area (Å²) in [5.41, 5.74) is -6.84. The summed E-state index contributed by atoms with van der Waals surface area (Å²) < 4.78 is 221. The topological polar surface area (TPSA) is 56.3 Å². The van der Waals surface area contributed by atoms with Crippen LogP contribution in [-0.4, -0.2) is 66.5 Å². The van der Waals surface area contributed by atoms with Gasteiger partial charge in [0.05, 0.1) is 35.0 Å². The number of fused-ring (bicyclic) bond motifs is 1. The summed E-state index contributed by atoms with van der Waals surface area (Å²) in [6, 6.07) is 6.22. The molecule has 0 spiro atoms. The van der Waals surface area contributed by atoms with E-state index >= 15 is 9.18 Å². The second-order valence-corrected chi connectivity index (χ2v) is 12.6. The highest BCUT2D eigenvalue weighted by molar-refractivity contribution is 8.02. The van der Waals surface area contributed by atoms with E-state index in [9.17, 15) is 28.2 Å². The van der Waals surface area contributed by atoms with E-state index in [2.05, 4.69) is 4.74 Å². The number of thioether (sulfide) groups is 1. The Morgan fingerprint density at radius 2 is 1.75 bits per heavy atom. The van der Waals surface area contributed by atoms with Gasteiger partial charge >= 0.3 is 6.18 Å². The molecular formula is C41H42F5N3O3S. The minimum atomic E-state index is -4.65. The highest BCUT2D eigenvalue weighted by Crippen LogP contribution is 2.41. The lowest BCUT2D eigenvalue weighted by molar-refractivity contribution is -0.137. The van der Waals surface area contributed by atoms with E-state index in [-0.39, 0.29) is 38.9 Å². The molecule has 1 atom stereocenters. The molecule has 12 heteroatoms. The van der Waals surface area contributed by atoms with E-state index < -0.39 is 152 Å². The lowest BCUT2D eigenvalue weighted by Gasteiger charge is -2.40. The molecule has 1 unspecified atom stereocenters. The third-order valence-corrected chi connectivity index (χ3v) is 9.12. The molecule has 4 aromatic rings. The fourth-order valence-corrected chi connectivity index (χ4v) is 6.38. The van der Waals surface area contributed by atoms with Crippen molar-refractivity contribution >= 4 is 23.4 Å². The van der Waals surface area contributed by atoms with E-state index in [1.807, 2.05) is 0 Å². The summed E-state index contributed by atoms with van der Waals surface area (Å²) in [6.07, 6.45) is -7.92. The Balaban J connectivity index is 1.51. The first-order valence-electron chi connectivity index (χ1n) is 24.5. The predicted octanol–water partition coefficient (Wildman–Crippen LogP) is 8.73. The lowest BCUT2D eigenvalue weighted by Crippen LogP contribution is -2.50. The summed E-state index contributed by atoms with van der Waals surface area (Å²) in [7, 11) is -3.40. The van der Waals surface area contributed by atoms with Crippen LogP contribution in [0.25, 0.3) is 11.1 Å². The number of aliphatic hydroxyl groups excluding tert-OH is 1. The van der Waals surface area contributed by atoms with Gasteiger partial charge in [-0.2, -0.15) is 13.2 Å². The fourth-order valence-electron chi connectivity index (χ4n) is 5.62. The zero-order valence-electron chi connectivity index (χ0n) is 44.7. The van der Waals surface area contributed by atoms with Crippen LogP contribution in [0.5, 0.6) is 0 Å². The largest absolute Gasteiger partial charge is 0.416 e. The summed E-state index contributed by atoms with van der Waals surface area (Å²) in [4.78, 5) is 16.9. The van der Waals surface area contributed by atoms with Crippen molar-refractivity contribution < 1.29 is 59.9 Å². The molecule has 0 bridgehead atoms. The minimum absolute atomic E-state index is 0.211. The van der Waals surface area contributed by atoms with E-state index in [0.29, 0.717) is 11.0 Å². The third kappa shape index (κ3) is 9.29. The Kier molecular flexibility index (Phi) is 7.06. The Labute approximate surface area is 334 Å². The first kappa shape index (κ1) is 22.2. The van der Waals surface area contributed by atoms with Crippen LogP contribution in [0.15, 0.2) is 95.9 Å². The summed E-state index contributed by atoms with van der Waals surface area (Å²) >= 11 is -0.211. The van der Waals surface area contributed by atoms with Crippen molar-refractivity contribution in [3.63, 3.8) is 0 Å². The number of carbonyl (C=O) groups excluding carboxylic acids is 1. The van der Waals surface area contributed by atoms with Crippen LogP contribution < -0.4 is 4.90 Å². The normalized spacial score (nSPS) is 23.2. The molecule has 1 fully saturated rings. The number of piperidine rings is 1. The SMILES string of the molecule is [2H]C1=C(SC([2H])([2H])c2cccc(F)c2F)N(C([2H])([2H])C(=O)N(C2CCN(C([2H])([2H])C([2H])([2H])OC([2H])([2H])[2H])CC2)C([2H])([2H])c2ccc(-c3ccc(C(F)(F)F)cc3)cc2)c2c([2H])c([2H])c(C)c([2H])c2C1O. The van der Waals surface area contributed by atoms with Crippen LogP contribution in [0.2, 0.25) is 0 Å². The molecule has 1 amide bonds. The predicted molar refractivity (Wildman–Crippen MR) is 198 cm³/mol. The van der Waals surface area contributed by atoms with Crippen molar-refractivity contribution in [1.29, 1.82) is 0 Å². The zero-order chi connectivity index (χ0) is 52.6. The van der Waals surface area contributed by atoms with Gasteiger partial charge in [-0.3, -0.25) is 4.79 Å². The molecule has 0 saturated carbocycles. The number of nitrogens with zero attached hydrogens (tertiary/aromatic N) is 3. The molecule has 2 aliphatic rings. The number of hydrogen-bond donors (Lipinski definition) is 1. The summed E-state index contributed by atoms with van der Waals surface area (Å²) in [6.45, 7) is -13.6. The Bertz CT molecular complexity index is 2680. The van der Waals surface area contributed by atoms with Crippen LogP contribution in [0, 0.1) is 18.6 Å². The standard InChI is InChI=1S/C41H42F5N3O3S/c1-27-6-15-36-34(22-27)37(50)23-39(53-26-31-4-3-5-35(42)40(31)43)49(36)25-38(51)48(33-16-18-47(19-17-33)20-21-52-2)24-28-7-9-29(10-8-28)30-11-13-32(14-12-30)41(44,45)46/h3-15,22-23,33,37,50H,16-21,24-26H2,1-2H3/i2D3,6D,15D,20D2,21D2,22D,23D,24D2,25D2,26D2. The Morgan fingerprint density at radius 3 is 2.43 bits per heavy atom. The summed E-state index contributed by atoms with van der Waals surface area (Å²) in [5, 5.41) is 10.5. The van der Waals surface area contributed by atoms with Crippen LogP contribution >= 0.6 is 11.8 Å². The van der Waals surface area contributed by atoms with Crippen LogP contribution in [0.4, 0.5) is 27.6 Å². The lowest BCUT2D eigenvalue weighted by atomic mass is 9.99. The molecule has 280 valence electrons. The molecule has 53 heavy (non-hydrogen) atoms. The quantitative estimate of drug-likeness (QED) is 0.146. The monoisotopic (exact) mass is 768 g/mol. The third-order valence-electron chi connectivity index (χ3n) is 8.31. The maximum Gasteiger partial charge on any atom is 0.416 e. The van der Waals surface area contributed by atoms with Crippen LogP contribution in [0.1, 0.15) is 70.1 Å². The van der Waals surface area contributed by atoms with E-state index in [0.717, 1.165) is 53.4 Å². The molecule has 0 aliphatic carbocycles. The summed E-state index contributed by atoms with van der Waals surface area (Å²) in [5.74, 6) is -5.08. The number of likely N-dealkylation sites (tertiary alicyclic amines) is 1. The molecule has 0 radical (unpaired) electrons. The van der Waals surface area contributed by atoms with Gasteiger partial charge in [0.25, 0.3) is 0 Å². The number of rotatable bonds is 12. The van der Waals surface area contributed by atoms with Gasteiger partial charge in [-0.05, 0) is 66.7 Å². The molecule has 2 aliphatic heterocycles. The van der Waals surface area contributed by atoms with Gasteiger partial charge in [0, 0.05) is 67.2 Å². The van der Waals surface area contributed by atoms with E-state index in [4.69, 9.17) is 17.8 Å². The zero-order valence-corrected chi connectivity index (χ0v) is 28.6. The Hall–Kier alpha value is -4.23.